The third-order valence-electron chi connectivity index (χ3n) is 3.48. The van der Waals surface area contributed by atoms with E-state index in [1.54, 1.807) is 0 Å². The maximum atomic E-state index is 12.2. The zero-order valence-electron chi connectivity index (χ0n) is 11.9. The molecule has 2 rings (SSSR count). The molecule has 7 heteroatoms. The molecule has 0 spiro atoms. The van der Waals surface area contributed by atoms with Crippen molar-refractivity contribution in [3.05, 3.63) is 16.5 Å². The van der Waals surface area contributed by atoms with Gasteiger partial charge in [0, 0.05) is 11.4 Å². The van der Waals surface area contributed by atoms with Crippen molar-refractivity contribution in [2.45, 2.75) is 37.3 Å². The predicted molar refractivity (Wildman–Crippen MR) is 86.4 cm³/mol. The Kier molecular flexibility index (Phi) is 6.94. The van der Waals surface area contributed by atoms with Crippen LogP contribution in [0.5, 0.6) is 0 Å². The molecule has 0 bridgehead atoms. The minimum absolute atomic E-state index is 0. The minimum atomic E-state index is -3.32. The average molecular weight is 339 g/mol. The Hall–Kier alpha value is -0.140. The standard InChI is InChI=1S/C13H22N2O2S2.ClH/c1-10-8-11(2)18-13(10)19(16,17)15-7-5-12-4-3-6-14-9-12;/h8,12,14-15H,3-7,9H2,1-2H3;1H. The summed E-state index contributed by atoms with van der Waals surface area (Å²) in [5, 5.41) is 3.35. The van der Waals surface area contributed by atoms with Crippen molar-refractivity contribution >= 4 is 33.8 Å². The normalized spacial score (nSPS) is 19.6. The van der Waals surface area contributed by atoms with Crippen molar-refractivity contribution in [3.8, 4) is 0 Å². The quantitative estimate of drug-likeness (QED) is 0.867. The Morgan fingerprint density at radius 1 is 1.45 bits per heavy atom. The Morgan fingerprint density at radius 2 is 2.20 bits per heavy atom. The van der Waals surface area contributed by atoms with Gasteiger partial charge in [-0.1, -0.05) is 0 Å². The summed E-state index contributed by atoms with van der Waals surface area (Å²) in [5.74, 6) is 0.600. The van der Waals surface area contributed by atoms with Gasteiger partial charge in [-0.3, -0.25) is 0 Å². The first kappa shape index (κ1) is 17.9. The van der Waals surface area contributed by atoms with Gasteiger partial charge >= 0.3 is 0 Å². The molecule has 1 saturated heterocycles. The van der Waals surface area contributed by atoms with Crippen molar-refractivity contribution in [2.75, 3.05) is 19.6 Å². The lowest BCUT2D eigenvalue weighted by Crippen LogP contribution is -2.33. The number of hydrogen-bond acceptors (Lipinski definition) is 4. The highest BCUT2D eigenvalue weighted by atomic mass is 35.5. The van der Waals surface area contributed by atoms with Crippen molar-refractivity contribution < 1.29 is 8.42 Å². The lowest BCUT2D eigenvalue weighted by Gasteiger charge is -2.22. The van der Waals surface area contributed by atoms with Crippen molar-refractivity contribution in [3.63, 3.8) is 0 Å². The van der Waals surface area contributed by atoms with Crippen LogP contribution in [0.4, 0.5) is 0 Å². The number of hydrogen-bond donors (Lipinski definition) is 2. The van der Waals surface area contributed by atoms with Gasteiger partial charge in [0.15, 0.2) is 0 Å². The van der Waals surface area contributed by atoms with Crippen molar-refractivity contribution in [2.24, 2.45) is 5.92 Å². The smallest absolute Gasteiger partial charge is 0.250 e. The maximum Gasteiger partial charge on any atom is 0.250 e. The SMILES string of the molecule is Cc1cc(C)c(S(=O)(=O)NCCC2CCCNC2)s1.Cl. The van der Waals surface area contributed by atoms with Gasteiger partial charge in [-0.15, -0.1) is 23.7 Å². The van der Waals surface area contributed by atoms with Gasteiger partial charge in [0.05, 0.1) is 0 Å². The summed E-state index contributed by atoms with van der Waals surface area (Å²) < 4.78 is 27.6. The molecule has 20 heavy (non-hydrogen) atoms. The molecule has 0 radical (unpaired) electrons. The second-order valence-electron chi connectivity index (χ2n) is 5.23. The summed E-state index contributed by atoms with van der Waals surface area (Å²) in [6.07, 6.45) is 3.31. The number of thiophene rings is 1. The van der Waals surface area contributed by atoms with Crippen LogP contribution in [0.2, 0.25) is 0 Å². The predicted octanol–water partition coefficient (Wildman–Crippen LogP) is 2.45. The van der Waals surface area contributed by atoms with Gasteiger partial charge < -0.3 is 5.32 Å². The summed E-state index contributed by atoms with van der Waals surface area (Å²) in [6.45, 7) is 6.42. The second-order valence-corrected chi connectivity index (χ2v) is 8.44. The molecule has 1 aromatic rings. The van der Waals surface area contributed by atoms with Gasteiger partial charge in [0.1, 0.15) is 4.21 Å². The van der Waals surface area contributed by atoms with E-state index in [1.807, 2.05) is 19.9 Å². The van der Waals surface area contributed by atoms with E-state index in [0.717, 1.165) is 30.0 Å². The third-order valence-corrected chi connectivity index (χ3v) is 6.73. The molecular weight excluding hydrogens is 316 g/mol. The summed E-state index contributed by atoms with van der Waals surface area (Å²) in [5.41, 5.74) is 0.842. The Labute approximate surface area is 131 Å². The lowest BCUT2D eigenvalue weighted by molar-refractivity contribution is 0.358. The molecule has 1 atom stereocenters. The summed E-state index contributed by atoms with van der Waals surface area (Å²) >= 11 is 1.34. The highest BCUT2D eigenvalue weighted by molar-refractivity contribution is 7.91. The highest BCUT2D eigenvalue weighted by Gasteiger charge is 2.20. The average Bonchev–Trinajstić information content (AvgIpc) is 2.70. The number of sulfonamides is 1. The molecule has 0 amide bonds. The summed E-state index contributed by atoms with van der Waals surface area (Å²) in [7, 11) is -3.32. The van der Waals surface area contributed by atoms with Crippen LogP contribution < -0.4 is 10.0 Å². The van der Waals surface area contributed by atoms with Crippen LogP contribution >= 0.6 is 23.7 Å². The molecular formula is C13H23ClN2O2S2. The zero-order chi connectivity index (χ0) is 13.9. The van der Waals surface area contributed by atoms with Gasteiger partial charge in [-0.05, 0) is 63.7 Å². The number of aryl methyl sites for hydroxylation is 2. The van der Waals surface area contributed by atoms with Crippen LogP contribution in [0.1, 0.15) is 29.7 Å². The van der Waals surface area contributed by atoms with Gasteiger partial charge in [-0.25, -0.2) is 13.1 Å². The first-order valence-corrected chi connectivity index (χ1v) is 9.06. The molecule has 0 aliphatic carbocycles. The van der Waals surface area contributed by atoms with E-state index in [4.69, 9.17) is 0 Å². The fourth-order valence-corrected chi connectivity index (χ4v) is 5.28. The first-order valence-electron chi connectivity index (χ1n) is 6.76. The van der Waals surface area contributed by atoms with E-state index in [-0.39, 0.29) is 12.4 Å². The molecule has 0 saturated carbocycles. The third kappa shape index (κ3) is 4.70. The molecule has 1 aliphatic rings. The van der Waals surface area contributed by atoms with Crippen molar-refractivity contribution in [1.82, 2.24) is 10.0 Å². The van der Waals surface area contributed by atoms with E-state index in [0.29, 0.717) is 16.7 Å². The van der Waals surface area contributed by atoms with Gasteiger partial charge in [0.2, 0.25) is 10.0 Å². The molecule has 1 aromatic heterocycles. The highest BCUT2D eigenvalue weighted by Crippen LogP contribution is 2.25. The van der Waals surface area contributed by atoms with Crippen LogP contribution in [0.15, 0.2) is 10.3 Å². The van der Waals surface area contributed by atoms with Gasteiger partial charge in [0.25, 0.3) is 0 Å². The number of nitrogens with one attached hydrogen (secondary N) is 2. The molecule has 1 fully saturated rings. The largest absolute Gasteiger partial charge is 0.316 e. The molecule has 2 N–H and O–H groups in total. The molecule has 1 unspecified atom stereocenters. The fraction of sp³-hybridized carbons (Fsp3) is 0.692. The number of piperidine rings is 1. The van der Waals surface area contributed by atoms with Gasteiger partial charge in [-0.2, -0.15) is 0 Å². The second kappa shape index (κ2) is 7.75. The van der Waals surface area contributed by atoms with E-state index in [2.05, 4.69) is 10.0 Å². The molecule has 0 aromatic carbocycles. The van der Waals surface area contributed by atoms with E-state index >= 15 is 0 Å². The molecule has 2 heterocycles. The molecule has 116 valence electrons. The van der Waals surface area contributed by atoms with E-state index < -0.39 is 10.0 Å². The topological polar surface area (TPSA) is 58.2 Å². The molecule has 1 aliphatic heterocycles. The van der Waals surface area contributed by atoms with Crippen molar-refractivity contribution in [1.29, 1.82) is 0 Å². The maximum absolute atomic E-state index is 12.2. The van der Waals surface area contributed by atoms with Crippen LogP contribution in [-0.2, 0) is 10.0 Å². The van der Waals surface area contributed by atoms with Crippen LogP contribution in [-0.4, -0.2) is 28.1 Å². The first-order chi connectivity index (χ1) is 8.99. The van der Waals surface area contributed by atoms with Crippen LogP contribution in [0.3, 0.4) is 0 Å². The van der Waals surface area contributed by atoms with Crippen LogP contribution in [0.25, 0.3) is 0 Å². The lowest BCUT2D eigenvalue weighted by atomic mass is 9.96. The minimum Gasteiger partial charge on any atom is -0.316 e. The van der Waals surface area contributed by atoms with E-state index in [1.165, 1.54) is 24.2 Å². The Morgan fingerprint density at radius 3 is 2.75 bits per heavy atom. The monoisotopic (exact) mass is 338 g/mol. The van der Waals surface area contributed by atoms with E-state index in [9.17, 15) is 8.42 Å². The van der Waals surface area contributed by atoms with Crippen LogP contribution in [0, 0.1) is 19.8 Å². The Bertz CT molecular complexity index is 522. The summed E-state index contributed by atoms with van der Waals surface area (Å²) in [6, 6.07) is 1.92. The molecule has 4 nitrogen and oxygen atoms in total. The number of halogens is 1. The number of rotatable bonds is 5. The fourth-order valence-electron chi connectivity index (χ4n) is 2.52. The Balaban J connectivity index is 0.00000200. The zero-order valence-corrected chi connectivity index (χ0v) is 14.4. The summed E-state index contributed by atoms with van der Waals surface area (Å²) in [4.78, 5) is 1.04.